The predicted molar refractivity (Wildman–Crippen MR) is 111 cm³/mol. The summed E-state index contributed by atoms with van der Waals surface area (Å²) in [6.07, 6.45) is 2.40. The van der Waals surface area contributed by atoms with Gasteiger partial charge in [-0.15, -0.1) is 0 Å². The Hall–Kier alpha value is -1.66. The van der Waals surface area contributed by atoms with Crippen molar-refractivity contribution in [3.63, 3.8) is 0 Å². The van der Waals surface area contributed by atoms with E-state index in [0.717, 1.165) is 42.6 Å². The summed E-state index contributed by atoms with van der Waals surface area (Å²) in [6, 6.07) is 5.41. The summed E-state index contributed by atoms with van der Waals surface area (Å²) >= 11 is 5.39. The van der Waals surface area contributed by atoms with Gasteiger partial charge in [-0.25, -0.2) is 4.79 Å². The predicted octanol–water partition coefficient (Wildman–Crippen LogP) is 3.44. The number of carbonyl (C=O) groups excluding carboxylic acids is 1. The van der Waals surface area contributed by atoms with Gasteiger partial charge in [0, 0.05) is 25.3 Å². The smallest absolute Gasteiger partial charge is 0.337 e. The van der Waals surface area contributed by atoms with Crippen LogP contribution in [-0.4, -0.2) is 49.3 Å². The summed E-state index contributed by atoms with van der Waals surface area (Å²) in [7, 11) is 1.38. The average Bonchev–Trinajstić information content (AvgIpc) is 2.59. The molecule has 1 aromatic rings. The van der Waals surface area contributed by atoms with Gasteiger partial charge >= 0.3 is 5.97 Å². The Morgan fingerprint density at radius 2 is 2.00 bits per heavy atom. The molecule has 2 N–H and O–H groups in total. The summed E-state index contributed by atoms with van der Waals surface area (Å²) in [5.41, 5.74) is 2.36. The number of methoxy groups -OCH3 is 1. The van der Waals surface area contributed by atoms with E-state index in [-0.39, 0.29) is 5.97 Å². The molecule has 1 aliphatic heterocycles. The van der Waals surface area contributed by atoms with Crippen molar-refractivity contribution in [1.82, 2.24) is 10.2 Å². The molecule has 144 valence electrons. The fraction of sp³-hybridized carbons (Fsp3) is 0.600. The molecule has 0 amide bonds. The first-order valence-corrected chi connectivity index (χ1v) is 9.76. The van der Waals surface area contributed by atoms with Crippen molar-refractivity contribution in [3.05, 3.63) is 29.3 Å². The maximum atomic E-state index is 11.7. The van der Waals surface area contributed by atoms with Gasteiger partial charge in [-0.2, -0.15) is 0 Å². The van der Waals surface area contributed by atoms with Crippen LogP contribution in [0.5, 0.6) is 0 Å². The maximum absolute atomic E-state index is 11.7. The molecule has 1 saturated heterocycles. The summed E-state index contributed by atoms with van der Waals surface area (Å²) in [6.45, 7) is 11.0. The van der Waals surface area contributed by atoms with E-state index in [4.69, 9.17) is 17.0 Å². The first-order valence-electron chi connectivity index (χ1n) is 9.35. The Bertz CT molecular complexity index is 625. The molecular weight excluding hydrogens is 346 g/mol. The first kappa shape index (κ1) is 20.6. The second kappa shape index (κ2) is 9.88. The molecule has 2 rings (SSSR count). The SMILES string of the molecule is COC(=O)c1ccc(C)c(NC(=S)NCCCN2C[C@H](C)C[C@@H](C)C2)c1. The molecule has 0 saturated carbocycles. The number of ether oxygens (including phenoxy) is 1. The molecule has 1 aliphatic rings. The molecular formula is C20H31N3O2S. The number of anilines is 1. The number of thiocarbonyl (C=S) groups is 1. The zero-order valence-electron chi connectivity index (χ0n) is 16.3. The number of aryl methyl sites for hydroxylation is 1. The molecule has 0 aromatic heterocycles. The quantitative estimate of drug-likeness (QED) is 0.450. The van der Waals surface area contributed by atoms with Crippen molar-refractivity contribution < 1.29 is 9.53 Å². The lowest BCUT2D eigenvalue weighted by Gasteiger charge is -2.35. The largest absolute Gasteiger partial charge is 0.465 e. The summed E-state index contributed by atoms with van der Waals surface area (Å²) in [5, 5.41) is 7.02. The third-order valence-electron chi connectivity index (χ3n) is 4.79. The number of nitrogens with zero attached hydrogens (tertiary/aromatic N) is 1. The van der Waals surface area contributed by atoms with Crippen molar-refractivity contribution in [2.75, 3.05) is 38.6 Å². The Labute approximate surface area is 162 Å². The highest BCUT2D eigenvalue weighted by Crippen LogP contribution is 2.21. The number of hydrogen-bond acceptors (Lipinski definition) is 4. The van der Waals surface area contributed by atoms with Crippen LogP contribution in [0.2, 0.25) is 0 Å². The highest BCUT2D eigenvalue weighted by atomic mass is 32.1. The molecule has 26 heavy (non-hydrogen) atoms. The van der Waals surface area contributed by atoms with Gasteiger partial charge in [0.05, 0.1) is 12.7 Å². The van der Waals surface area contributed by atoms with E-state index in [1.54, 1.807) is 12.1 Å². The topological polar surface area (TPSA) is 53.6 Å². The van der Waals surface area contributed by atoms with Crippen LogP contribution in [-0.2, 0) is 4.74 Å². The molecule has 0 radical (unpaired) electrons. The summed E-state index contributed by atoms with van der Waals surface area (Å²) in [5.74, 6) is 1.23. The Morgan fingerprint density at radius 3 is 2.65 bits per heavy atom. The van der Waals surface area contributed by atoms with E-state index >= 15 is 0 Å². The Kier molecular flexibility index (Phi) is 7.85. The molecule has 0 aliphatic carbocycles. The van der Waals surface area contributed by atoms with Gasteiger partial charge in [-0.05, 0) is 68.1 Å². The third-order valence-corrected chi connectivity index (χ3v) is 5.03. The second-order valence-corrected chi connectivity index (χ2v) is 7.87. The number of benzene rings is 1. The van der Waals surface area contributed by atoms with Gasteiger partial charge in [0.25, 0.3) is 0 Å². The van der Waals surface area contributed by atoms with Crippen LogP contribution in [0.4, 0.5) is 5.69 Å². The highest BCUT2D eigenvalue weighted by Gasteiger charge is 2.21. The summed E-state index contributed by atoms with van der Waals surface area (Å²) < 4.78 is 4.77. The van der Waals surface area contributed by atoms with Gasteiger partial charge in [0.15, 0.2) is 5.11 Å². The number of esters is 1. The van der Waals surface area contributed by atoms with E-state index in [1.807, 2.05) is 13.0 Å². The molecule has 2 atom stereocenters. The van der Waals surface area contributed by atoms with Crippen LogP contribution in [0.1, 0.15) is 42.6 Å². The second-order valence-electron chi connectivity index (χ2n) is 7.46. The van der Waals surface area contributed by atoms with Crippen LogP contribution in [0.15, 0.2) is 18.2 Å². The normalized spacial score (nSPS) is 20.5. The minimum Gasteiger partial charge on any atom is -0.465 e. The van der Waals surface area contributed by atoms with Gasteiger partial charge in [0.2, 0.25) is 0 Å². The molecule has 1 aromatic carbocycles. The number of likely N-dealkylation sites (tertiary alicyclic amines) is 1. The van der Waals surface area contributed by atoms with Gasteiger partial charge in [-0.1, -0.05) is 19.9 Å². The number of rotatable bonds is 6. The van der Waals surface area contributed by atoms with Crippen LogP contribution in [0.25, 0.3) is 0 Å². The fourth-order valence-corrected chi connectivity index (χ4v) is 3.86. The van der Waals surface area contributed by atoms with Crippen LogP contribution >= 0.6 is 12.2 Å². The lowest BCUT2D eigenvalue weighted by Crippen LogP contribution is -2.40. The van der Waals surface area contributed by atoms with Crippen molar-refractivity contribution in [3.8, 4) is 0 Å². The Morgan fingerprint density at radius 1 is 1.31 bits per heavy atom. The number of carbonyl (C=O) groups is 1. The number of nitrogens with one attached hydrogen (secondary N) is 2. The van der Waals surface area contributed by atoms with Crippen molar-refractivity contribution in [1.29, 1.82) is 0 Å². The average molecular weight is 378 g/mol. The van der Waals surface area contributed by atoms with E-state index in [0.29, 0.717) is 10.7 Å². The lowest BCUT2D eigenvalue weighted by molar-refractivity contribution is 0.0601. The fourth-order valence-electron chi connectivity index (χ4n) is 3.65. The molecule has 5 nitrogen and oxygen atoms in total. The van der Waals surface area contributed by atoms with Crippen molar-refractivity contribution in [2.45, 2.75) is 33.6 Å². The zero-order chi connectivity index (χ0) is 19.1. The van der Waals surface area contributed by atoms with E-state index in [9.17, 15) is 4.79 Å². The zero-order valence-corrected chi connectivity index (χ0v) is 17.1. The Balaban J connectivity index is 1.76. The third kappa shape index (κ3) is 6.25. The van der Waals surface area contributed by atoms with Crippen LogP contribution < -0.4 is 10.6 Å². The van der Waals surface area contributed by atoms with E-state index in [2.05, 4.69) is 29.4 Å². The molecule has 6 heteroatoms. The molecule has 0 unspecified atom stereocenters. The minimum atomic E-state index is -0.350. The van der Waals surface area contributed by atoms with Crippen molar-refractivity contribution in [2.24, 2.45) is 11.8 Å². The molecule has 1 heterocycles. The minimum absolute atomic E-state index is 0.350. The molecule has 0 bridgehead atoms. The van der Waals surface area contributed by atoms with Crippen molar-refractivity contribution >= 4 is 29.0 Å². The van der Waals surface area contributed by atoms with E-state index in [1.165, 1.54) is 26.6 Å². The first-order chi connectivity index (χ1) is 12.4. The van der Waals surface area contributed by atoms with Crippen LogP contribution in [0, 0.1) is 18.8 Å². The standard InChI is InChI=1S/C20H31N3O2S/c1-14-10-15(2)13-23(12-14)9-5-8-21-20(26)22-18-11-17(19(24)25-4)7-6-16(18)3/h6-7,11,14-15H,5,8-10,12-13H2,1-4H3,(H2,21,22,26)/t14-,15-/m1/s1. The monoisotopic (exact) mass is 377 g/mol. The highest BCUT2D eigenvalue weighted by molar-refractivity contribution is 7.80. The summed E-state index contributed by atoms with van der Waals surface area (Å²) in [4.78, 5) is 14.2. The number of piperidine rings is 1. The van der Waals surface area contributed by atoms with Gasteiger partial charge in [-0.3, -0.25) is 0 Å². The number of hydrogen-bond donors (Lipinski definition) is 2. The van der Waals surface area contributed by atoms with Crippen LogP contribution in [0.3, 0.4) is 0 Å². The van der Waals surface area contributed by atoms with Gasteiger partial charge < -0.3 is 20.3 Å². The maximum Gasteiger partial charge on any atom is 0.337 e. The molecule has 0 spiro atoms. The van der Waals surface area contributed by atoms with E-state index < -0.39 is 0 Å². The lowest BCUT2D eigenvalue weighted by atomic mass is 9.92. The molecule has 1 fully saturated rings. The van der Waals surface area contributed by atoms with Gasteiger partial charge in [0.1, 0.15) is 0 Å².